The molecule has 0 aromatic carbocycles. The van der Waals surface area contributed by atoms with Crippen molar-refractivity contribution in [1.29, 1.82) is 0 Å². The lowest BCUT2D eigenvalue weighted by Gasteiger charge is -2.15. The van der Waals surface area contributed by atoms with Gasteiger partial charge in [-0.3, -0.25) is 5.10 Å². The van der Waals surface area contributed by atoms with Crippen LogP contribution < -0.4 is 5.32 Å². The van der Waals surface area contributed by atoms with Gasteiger partial charge in [-0.05, 0) is 19.9 Å². The van der Waals surface area contributed by atoms with Gasteiger partial charge >= 0.3 is 0 Å². The molecule has 1 saturated heterocycles. The van der Waals surface area contributed by atoms with Crippen LogP contribution in [-0.2, 0) is 5.41 Å². The Labute approximate surface area is 91.7 Å². The highest BCUT2D eigenvalue weighted by atomic mass is 16.5. The minimum Gasteiger partial charge on any atom is -0.338 e. The molecule has 0 spiro atoms. The average Bonchev–Trinajstić information content (AvgIpc) is 2.98. The summed E-state index contributed by atoms with van der Waals surface area (Å²) in [5, 5.41) is 13.7. The van der Waals surface area contributed by atoms with E-state index in [2.05, 4.69) is 37.6 Å². The Kier molecular flexibility index (Phi) is 2.00. The lowest BCUT2D eigenvalue weighted by atomic mass is 9.90. The smallest absolute Gasteiger partial charge is 0.239 e. The number of hydrogen-bond acceptors (Lipinski definition) is 6. The van der Waals surface area contributed by atoms with E-state index in [-0.39, 0.29) is 5.41 Å². The van der Waals surface area contributed by atoms with Crippen molar-refractivity contribution >= 4 is 0 Å². The number of nitrogens with one attached hydrogen (secondary N) is 2. The molecule has 1 atom stereocenters. The molecule has 2 aromatic rings. The molecule has 84 valence electrons. The molecule has 2 aromatic heterocycles. The van der Waals surface area contributed by atoms with E-state index in [0.717, 1.165) is 19.5 Å². The summed E-state index contributed by atoms with van der Waals surface area (Å²) < 4.78 is 5.29. The van der Waals surface area contributed by atoms with Crippen molar-refractivity contribution in [2.24, 2.45) is 0 Å². The van der Waals surface area contributed by atoms with Crippen molar-refractivity contribution < 1.29 is 4.52 Å². The van der Waals surface area contributed by atoms with E-state index in [0.29, 0.717) is 17.5 Å². The molecule has 7 nitrogen and oxygen atoms in total. The number of hydrogen-bond donors (Lipinski definition) is 2. The first-order valence-corrected chi connectivity index (χ1v) is 5.19. The molecule has 0 radical (unpaired) electrons. The molecule has 1 aliphatic heterocycles. The average molecular weight is 220 g/mol. The highest BCUT2D eigenvalue weighted by Crippen LogP contribution is 2.29. The van der Waals surface area contributed by atoms with Crippen LogP contribution in [0, 0.1) is 0 Å². The van der Waals surface area contributed by atoms with Crippen LogP contribution in [0.2, 0.25) is 0 Å². The van der Waals surface area contributed by atoms with E-state index in [4.69, 9.17) is 4.52 Å². The molecule has 1 fully saturated rings. The van der Waals surface area contributed by atoms with Crippen LogP contribution in [0.15, 0.2) is 10.9 Å². The van der Waals surface area contributed by atoms with Crippen LogP contribution in [0.25, 0.3) is 11.6 Å². The number of H-pyrrole nitrogens is 1. The molecule has 0 saturated carbocycles. The molecule has 7 heteroatoms. The van der Waals surface area contributed by atoms with Crippen molar-refractivity contribution in [3.05, 3.63) is 12.2 Å². The number of nitrogens with zero attached hydrogens (tertiary/aromatic N) is 4. The molecule has 2 N–H and O–H groups in total. The first-order chi connectivity index (χ1) is 7.78. The van der Waals surface area contributed by atoms with E-state index >= 15 is 0 Å². The molecule has 0 amide bonds. The maximum Gasteiger partial charge on any atom is 0.239 e. The second-order valence-electron chi connectivity index (χ2n) is 4.24. The van der Waals surface area contributed by atoms with Crippen molar-refractivity contribution in [3.8, 4) is 11.6 Å². The van der Waals surface area contributed by atoms with Gasteiger partial charge in [0, 0.05) is 6.54 Å². The van der Waals surface area contributed by atoms with E-state index in [1.165, 1.54) is 6.33 Å². The van der Waals surface area contributed by atoms with E-state index in [9.17, 15) is 0 Å². The standard InChI is InChI=1S/C9H12N6O/c1-9(2-3-10-4-9)8-13-7(15-16-8)6-11-5-12-14-6/h5,10H,2-4H2,1H3,(H,11,12,14). The van der Waals surface area contributed by atoms with Crippen molar-refractivity contribution in [1.82, 2.24) is 30.6 Å². The van der Waals surface area contributed by atoms with Crippen molar-refractivity contribution in [3.63, 3.8) is 0 Å². The fourth-order valence-corrected chi connectivity index (χ4v) is 1.88. The van der Waals surface area contributed by atoms with Gasteiger partial charge in [0.1, 0.15) is 6.33 Å². The van der Waals surface area contributed by atoms with Gasteiger partial charge in [0.2, 0.25) is 11.7 Å². The summed E-state index contributed by atoms with van der Waals surface area (Å²) in [5.41, 5.74) is -0.0642. The highest BCUT2D eigenvalue weighted by Gasteiger charge is 2.36. The minimum absolute atomic E-state index is 0.0642. The Morgan fingerprint density at radius 3 is 3.12 bits per heavy atom. The second-order valence-corrected chi connectivity index (χ2v) is 4.24. The summed E-state index contributed by atoms with van der Waals surface area (Å²) in [5.74, 6) is 1.65. The fourth-order valence-electron chi connectivity index (χ4n) is 1.88. The first-order valence-electron chi connectivity index (χ1n) is 5.19. The minimum atomic E-state index is -0.0642. The topological polar surface area (TPSA) is 92.5 Å². The predicted octanol–water partition coefficient (Wildman–Crippen LogP) is 0.106. The van der Waals surface area contributed by atoms with Crippen LogP contribution in [-0.4, -0.2) is 38.4 Å². The molecule has 3 heterocycles. The second kappa shape index (κ2) is 3.38. The molecule has 0 aliphatic carbocycles. The zero-order valence-corrected chi connectivity index (χ0v) is 8.90. The highest BCUT2D eigenvalue weighted by molar-refractivity contribution is 5.40. The molecule has 16 heavy (non-hydrogen) atoms. The summed E-state index contributed by atoms with van der Waals surface area (Å²) in [4.78, 5) is 8.34. The van der Waals surface area contributed by atoms with E-state index in [1.54, 1.807) is 0 Å². The van der Waals surface area contributed by atoms with Crippen LogP contribution >= 0.6 is 0 Å². The Morgan fingerprint density at radius 1 is 1.50 bits per heavy atom. The maximum absolute atomic E-state index is 5.29. The number of aromatic amines is 1. The van der Waals surface area contributed by atoms with Gasteiger partial charge in [0.25, 0.3) is 0 Å². The normalized spacial score (nSPS) is 25.1. The monoisotopic (exact) mass is 220 g/mol. The van der Waals surface area contributed by atoms with Crippen LogP contribution in [0.3, 0.4) is 0 Å². The molecule has 3 rings (SSSR count). The van der Waals surface area contributed by atoms with Crippen molar-refractivity contribution in [2.75, 3.05) is 13.1 Å². The largest absolute Gasteiger partial charge is 0.338 e. The quantitative estimate of drug-likeness (QED) is 0.746. The van der Waals surface area contributed by atoms with Gasteiger partial charge in [-0.25, -0.2) is 4.98 Å². The number of rotatable bonds is 2. The lowest BCUT2D eigenvalue weighted by Crippen LogP contribution is -2.25. The zero-order valence-electron chi connectivity index (χ0n) is 8.90. The summed E-state index contributed by atoms with van der Waals surface area (Å²) in [6.07, 6.45) is 2.43. The fraction of sp³-hybridized carbons (Fsp3) is 0.556. The van der Waals surface area contributed by atoms with Crippen LogP contribution in [0.5, 0.6) is 0 Å². The number of aromatic nitrogens is 5. The summed E-state index contributed by atoms with van der Waals surface area (Å²) >= 11 is 0. The molecule has 1 unspecified atom stereocenters. The van der Waals surface area contributed by atoms with Gasteiger partial charge in [-0.15, -0.1) is 0 Å². The SMILES string of the molecule is CC1(c2nc(-c3ncn[nH]3)no2)CCNC1. The van der Waals surface area contributed by atoms with E-state index in [1.807, 2.05) is 0 Å². The van der Waals surface area contributed by atoms with Gasteiger partial charge in [0.15, 0.2) is 5.82 Å². The third kappa shape index (κ3) is 1.40. The van der Waals surface area contributed by atoms with Crippen LogP contribution in [0.4, 0.5) is 0 Å². The molecule has 0 bridgehead atoms. The molecule has 1 aliphatic rings. The predicted molar refractivity (Wildman–Crippen MR) is 54.5 cm³/mol. The zero-order chi connectivity index (χ0) is 11.0. The maximum atomic E-state index is 5.29. The molecular weight excluding hydrogens is 208 g/mol. The van der Waals surface area contributed by atoms with E-state index < -0.39 is 0 Å². The summed E-state index contributed by atoms with van der Waals surface area (Å²) in [6.45, 7) is 3.96. The molecular formula is C9H12N6O. The third-order valence-electron chi connectivity index (χ3n) is 2.94. The third-order valence-corrected chi connectivity index (χ3v) is 2.94. The summed E-state index contributed by atoms with van der Waals surface area (Å²) in [7, 11) is 0. The van der Waals surface area contributed by atoms with Gasteiger partial charge in [-0.2, -0.15) is 10.1 Å². The van der Waals surface area contributed by atoms with Gasteiger partial charge in [-0.1, -0.05) is 5.16 Å². The first kappa shape index (κ1) is 9.46. The summed E-state index contributed by atoms with van der Waals surface area (Å²) in [6, 6.07) is 0. The van der Waals surface area contributed by atoms with Gasteiger partial charge in [0.05, 0.1) is 5.41 Å². The Hall–Kier alpha value is -1.76. The van der Waals surface area contributed by atoms with Crippen molar-refractivity contribution in [2.45, 2.75) is 18.8 Å². The van der Waals surface area contributed by atoms with Gasteiger partial charge < -0.3 is 9.84 Å². The Morgan fingerprint density at radius 2 is 2.44 bits per heavy atom. The lowest BCUT2D eigenvalue weighted by molar-refractivity contribution is 0.306. The Bertz CT molecular complexity index is 470. The van der Waals surface area contributed by atoms with Crippen LogP contribution in [0.1, 0.15) is 19.2 Å². The Balaban J connectivity index is 1.93.